The Morgan fingerprint density at radius 2 is 1.72 bits per heavy atom. The Morgan fingerprint density at radius 1 is 1.10 bits per heavy atom. The molecule has 1 aromatic heterocycles. The maximum Gasteiger partial charge on any atom is 0.230 e. The maximum absolute atomic E-state index is 13.1. The van der Waals surface area contributed by atoms with Crippen LogP contribution in [0.2, 0.25) is 0 Å². The summed E-state index contributed by atoms with van der Waals surface area (Å²) in [6.45, 7) is 0. The molecular formula is C21H23N7O. The van der Waals surface area contributed by atoms with Crippen molar-refractivity contribution in [1.82, 2.24) is 20.6 Å². The van der Waals surface area contributed by atoms with E-state index < -0.39 is 0 Å². The lowest BCUT2D eigenvalue weighted by atomic mass is 9.49. The van der Waals surface area contributed by atoms with Crippen molar-refractivity contribution in [2.45, 2.75) is 38.5 Å². The quantitative estimate of drug-likeness (QED) is 0.675. The first-order chi connectivity index (χ1) is 14.1. The first kappa shape index (κ1) is 17.9. The third kappa shape index (κ3) is 3.37. The molecule has 4 bridgehead atoms. The van der Waals surface area contributed by atoms with Crippen LogP contribution in [0.25, 0.3) is 5.57 Å². The molecule has 1 heterocycles. The van der Waals surface area contributed by atoms with Crippen LogP contribution in [0, 0.1) is 34.5 Å². The van der Waals surface area contributed by atoms with Gasteiger partial charge in [0.1, 0.15) is 11.6 Å². The number of H-pyrrole nitrogens is 1. The van der Waals surface area contributed by atoms with Gasteiger partial charge in [-0.15, -0.1) is 10.2 Å². The second-order valence-corrected chi connectivity index (χ2v) is 8.78. The van der Waals surface area contributed by atoms with E-state index in [9.17, 15) is 10.1 Å². The molecule has 4 saturated carbocycles. The maximum atomic E-state index is 13.1. The number of nitrogens with zero attached hydrogens (tertiary/aromatic N) is 4. The minimum atomic E-state index is -0.152. The number of rotatable bonds is 5. The van der Waals surface area contributed by atoms with Crippen LogP contribution in [-0.2, 0) is 4.79 Å². The average Bonchev–Trinajstić information content (AvgIpc) is 3.23. The van der Waals surface area contributed by atoms with Crippen molar-refractivity contribution in [1.29, 1.82) is 5.26 Å². The van der Waals surface area contributed by atoms with Crippen molar-refractivity contribution in [3.8, 4) is 6.07 Å². The van der Waals surface area contributed by atoms with Gasteiger partial charge in [-0.2, -0.15) is 10.5 Å². The zero-order valence-corrected chi connectivity index (χ0v) is 16.1. The fourth-order valence-electron chi connectivity index (χ4n) is 5.88. The molecule has 0 radical (unpaired) electrons. The Bertz CT molecular complexity index is 936. The molecule has 4 aliphatic rings. The molecule has 8 heteroatoms. The first-order valence-corrected chi connectivity index (χ1v) is 10.2. The molecule has 0 atom stereocenters. The number of aromatic nitrogens is 4. The van der Waals surface area contributed by atoms with Gasteiger partial charge >= 0.3 is 0 Å². The molecular weight excluding hydrogens is 366 g/mol. The molecule has 0 saturated heterocycles. The number of benzene rings is 1. The molecule has 4 fully saturated rings. The van der Waals surface area contributed by atoms with E-state index in [4.69, 9.17) is 0 Å². The van der Waals surface area contributed by atoms with Crippen LogP contribution in [0.1, 0.15) is 44.3 Å². The molecule has 3 N–H and O–H groups in total. The fraction of sp³-hybridized carbons (Fsp3) is 0.476. The molecule has 0 spiro atoms. The van der Waals surface area contributed by atoms with Crippen molar-refractivity contribution in [3.05, 3.63) is 36.3 Å². The van der Waals surface area contributed by atoms with Gasteiger partial charge in [0.15, 0.2) is 0 Å². The zero-order chi connectivity index (χ0) is 19.8. The second kappa shape index (κ2) is 6.99. The highest BCUT2D eigenvalue weighted by Gasteiger charge is 2.54. The van der Waals surface area contributed by atoms with Crippen molar-refractivity contribution in [2.24, 2.45) is 23.2 Å². The van der Waals surface area contributed by atoms with Gasteiger partial charge < -0.3 is 10.6 Å². The second-order valence-electron chi connectivity index (χ2n) is 8.78. The van der Waals surface area contributed by atoms with Crippen LogP contribution in [0.4, 0.5) is 11.4 Å². The van der Waals surface area contributed by atoms with Crippen molar-refractivity contribution >= 4 is 22.9 Å². The van der Waals surface area contributed by atoms with Crippen LogP contribution in [0.15, 0.2) is 30.5 Å². The lowest BCUT2D eigenvalue weighted by Gasteiger charge is -2.55. The number of carbonyl (C=O) groups excluding carboxylic acids is 1. The third-order valence-electron chi connectivity index (χ3n) is 6.75. The highest BCUT2D eigenvalue weighted by Crippen LogP contribution is 2.60. The molecule has 0 aliphatic heterocycles. The minimum Gasteiger partial charge on any atom is -0.360 e. The van der Waals surface area contributed by atoms with E-state index in [-0.39, 0.29) is 22.7 Å². The number of aromatic amines is 1. The van der Waals surface area contributed by atoms with Crippen LogP contribution in [0.3, 0.4) is 0 Å². The summed E-state index contributed by atoms with van der Waals surface area (Å²) in [6.07, 6.45) is 8.69. The number of nitrogens with one attached hydrogen (secondary N) is 3. The van der Waals surface area contributed by atoms with Crippen molar-refractivity contribution in [3.63, 3.8) is 0 Å². The van der Waals surface area contributed by atoms with E-state index in [1.807, 2.05) is 30.3 Å². The van der Waals surface area contributed by atoms with Gasteiger partial charge in [0.2, 0.25) is 11.7 Å². The lowest BCUT2D eigenvalue weighted by molar-refractivity contribution is -0.140. The highest BCUT2D eigenvalue weighted by molar-refractivity contribution is 5.95. The minimum absolute atomic E-state index is 0.152. The number of nitriles is 1. The summed E-state index contributed by atoms with van der Waals surface area (Å²) >= 11 is 0. The molecule has 6 rings (SSSR count). The van der Waals surface area contributed by atoms with Gasteiger partial charge in [-0.1, -0.05) is 0 Å². The summed E-state index contributed by atoms with van der Waals surface area (Å²) in [4.78, 5) is 13.1. The molecule has 4 aliphatic carbocycles. The van der Waals surface area contributed by atoms with Gasteiger partial charge in [0.25, 0.3) is 0 Å². The first-order valence-electron chi connectivity index (χ1n) is 10.2. The summed E-state index contributed by atoms with van der Waals surface area (Å²) in [5, 5.41) is 28.8. The van der Waals surface area contributed by atoms with Crippen LogP contribution < -0.4 is 10.6 Å². The largest absolute Gasteiger partial charge is 0.360 e. The Morgan fingerprint density at radius 3 is 2.28 bits per heavy atom. The van der Waals surface area contributed by atoms with Crippen molar-refractivity contribution in [2.75, 3.05) is 10.6 Å². The molecule has 2 aromatic rings. The summed E-state index contributed by atoms with van der Waals surface area (Å²) in [5.74, 6) is 2.68. The standard InChI is InChI=1S/C21H23N7O/c22-11-16(19-25-27-28-26-19)12-23-17-1-3-18(4-2-17)24-20(29)21-8-13-5-14(9-21)7-15(6-13)10-21/h1-4,12-15,23H,5-10H2,(H,24,29)(H,25,26,27,28). The van der Waals surface area contributed by atoms with Gasteiger partial charge in [-0.3, -0.25) is 4.79 Å². The average molecular weight is 389 g/mol. The van der Waals surface area contributed by atoms with E-state index in [0.29, 0.717) is 0 Å². The van der Waals surface area contributed by atoms with Gasteiger partial charge in [-0.25, -0.2) is 0 Å². The Kier molecular flexibility index (Phi) is 4.31. The predicted molar refractivity (Wildman–Crippen MR) is 107 cm³/mol. The summed E-state index contributed by atoms with van der Waals surface area (Å²) in [6, 6.07) is 9.54. The predicted octanol–water partition coefficient (Wildman–Crippen LogP) is 3.33. The third-order valence-corrected chi connectivity index (χ3v) is 6.75. The van der Waals surface area contributed by atoms with Gasteiger partial charge in [-0.05, 0) is 85.8 Å². The van der Waals surface area contributed by atoms with E-state index in [1.54, 1.807) is 0 Å². The zero-order valence-electron chi connectivity index (χ0n) is 16.1. The highest BCUT2D eigenvalue weighted by atomic mass is 16.2. The summed E-state index contributed by atoms with van der Waals surface area (Å²) in [5.41, 5.74) is 1.73. The number of amides is 1. The van der Waals surface area contributed by atoms with E-state index >= 15 is 0 Å². The number of hydrogen-bond donors (Lipinski definition) is 3. The normalized spacial score (nSPS) is 30.0. The molecule has 1 aromatic carbocycles. The molecule has 29 heavy (non-hydrogen) atoms. The number of allylic oxidation sites excluding steroid dienone is 1. The van der Waals surface area contributed by atoms with Crippen LogP contribution in [-0.4, -0.2) is 26.5 Å². The van der Waals surface area contributed by atoms with E-state index in [1.165, 1.54) is 25.5 Å². The number of tetrazole rings is 1. The van der Waals surface area contributed by atoms with Gasteiger partial charge in [0.05, 0.1) is 5.41 Å². The molecule has 1 amide bonds. The Hall–Kier alpha value is -3.21. The Balaban J connectivity index is 1.24. The van der Waals surface area contributed by atoms with E-state index in [0.717, 1.165) is 48.4 Å². The van der Waals surface area contributed by atoms with Crippen LogP contribution >= 0.6 is 0 Å². The van der Waals surface area contributed by atoms with E-state index in [2.05, 4.69) is 31.3 Å². The molecule has 0 unspecified atom stereocenters. The number of hydrogen-bond acceptors (Lipinski definition) is 6. The summed E-state index contributed by atoms with van der Waals surface area (Å²) < 4.78 is 0. The Labute approximate surface area is 168 Å². The van der Waals surface area contributed by atoms with Gasteiger partial charge in [0, 0.05) is 17.6 Å². The number of carbonyl (C=O) groups is 1. The number of anilines is 2. The topological polar surface area (TPSA) is 119 Å². The monoisotopic (exact) mass is 389 g/mol. The molecule has 148 valence electrons. The smallest absolute Gasteiger partial charge is 0.230 e. The van der Waals surface area contributed by atoms with Crippen LogP contribution in [0.5, 0.6) is 0 Å². The van der Waals surface area contributed by atoms with Crippen molar-refractivity contribution < 1.29 is 4.79 Å². The fourth-order valence-corrected chi connectivity index (χ4v) is 5.88. The SMILES string of the molecule is N#CC(=CNc1ccc(NC(=O)C23CC4CC(CC(C4)C2)C3)cc1)c1nn[nH]n1. The molecule has 8 nitrogen and oxygen atoms in total. The lowest BCUT2D eigenvalue weighted by Crippen LogP contribution is -2.51. The summed E-state index contributed by atoms with van der Waals surface area (Å²) in [7, 11) is 0.